The Balaban J connectivity index is 1.33. The Morgan fingerprint density at radius 3 is 2.76 bits per heavy atom. The first kappa shape index (κ1) is 26.8. The molecule has 0 spiro atoms. The Bertz CT molecular complexity index is 1230. The summed E-state index contributed by atoms with van der Waals surface area (Å²) < 4.78 is 6.99. The Kier molecular flexibility index (Phi) is 7.98. The second-order valence-electron chi connectivity index (χ2n) is 8.83. The second-order valence-corrected chi connectivity index (χ2v) is 12.2. The Morgan fingerprint density at radius 2 is 2.08 bits per heavy atom. The number of aromatic nitrogens is 6. The van der Waals surface area contributed by atoms with Crippen molar-refractivity contribution in [3.63, 3.8) is 0 Å². The molecular weight excluding hydrogens is 546 g/mol. The first-order valence-electron chi connectivity index (χ1n) is 10.8. The maximum Gasteiger partial charge on any atom is 0.408 e. The van der Waals surface area contributed by atoms with E-state index >= 15 is 0 Å². The molecule has 3 N–H and O–H groups in total. The summed E-state index contributed by atoms with van der Waals surface area (Å²) in [7, 11) is 0. The minimum Gasteiger partial charge on any atom is -0.477 e. The number of rotatable bonds is 9. The molecule has 0 saturated carbocycles. The fourth-order valence-corrected chi connectivity index (χ4v) is 6.71. The van der Waals surface area contributed by atoms with Gasteiger partial charge in [0, 0.05) is 11.5 Å². The van der Waals surface area contributed by atoms with Crippen LogP contribution in [0.3, 0.4) is 0 Å². The molecule has 2 aliphatic heterocycles. The van der Waals surface area contributed by atoms with Crippen molar-refractivity contribution in [2.75, 3.05) is 11.5 Å². The molecule has 2 aliphatic rings. The minimum atomic E-state index is -1.22. The molecule has 15 nitrogen and oxygen atoms in total. The molecule has 2 aromatic rings. The normalized spacial score (nSPS) is 19.2. The molecule has 3 amide bonds. The van der Waals surface area contributed by atoms with Crippen LogP contribution in [0.1, 0.15) is 25.8 Å². The third kappa shape index (κ3) is 6.55. The van der Waals surface area contributed by atoms with E-state index in [1.54, 1.807) is 20.8 Å². The van der Waals surface area contributed by atoms with Gasteiger partial charge in [-0.3, -0.25) is 14.5 Å². The monoisotopic (exact) mass is 569 g/mol. The number of carbonyl (C=O) groups is 4. The number of alkyl carbamates (subject to hydrolysis) is 1. The SMILES string of the molecule is CC(C)(C)OC(=O)NCc1nnc(SCC2=C(C(=O)O)N3C(=O)C(NC(=O)Cn4cnnn4)[C@@H]3SC2)s1. The molecule has 37 heavy (non-hydrogen) atoms. The number of thioether (sulfide) groups is 2. The van der Waals surface area contributed by atoms with Gasteiger partial charge in [-0.05, 0) is 36.8 Å². The number of amides is 3. The maximum atomic E-state index is 12.8. The largest absolute Gasteiger partial charge is 0.477 e. The molecule has 4 heterocycles. The van der Waals surface area contributed by atoms with Crippen LogP contribution in [0.2, 0.25) is 0 Å². The summed E-state index contributed by atoms with van der Waals surface area (Å²) in [5.41, 5.74) is -0.129. The van der Waals surface area contributed by atoms with Crippen LogP contribution in [0.4, 0.5) is 4.79 Å². The van der Waals surface area contributed by atoms with Gasteiger partial charge in [0.2, 0.25) is 5.91 Å². The predicted molar refractivity (Wildman–Crippen MR) is 131 cm³/mol. The summed E-state index contributed by atoms with van der Waals surface area (Å²) in [5.74, 6) is -1.51. The van der Waals surface area contributed by atoms with Crippen molar-refractivity contribution in [2.24, 2.45) is 0 Å². The fourth-order valence-electron chi connectivity index (χ4n) is 3.39. The lowest BCUT2D eigenvalue weighted by molar-refractivity contribution is -0.150. The lowest BCUT2D eigenvalue weighted by Gasteiger charge is -2.49. The number of fused-ring (bicyclic) bond motifs is 1. The van der Waals surface area contributed by atoms with Gasteiger partial charge in [-0.1, -0.05) is 23.1 Å². The number of β-lactam (4-membered cyclic amide) rings is 1. The van der Waals surface area contributed by atoms with Crippen molar-refractivity contribution in [1.29, 1.82) is 0 Å². The van der Waals surface area contributed by atoms with Crippen molar-refractivity contribution < 1.29 is 29.0 Å². The van der Waals surface area contributed by atoms with Gasteiger partial charge in [-0.15, -0.1) is 27.1 Å². The highest BCUT2D eigenvalue weighted by Gasteiger charge is 2.54. The number of carboxylic acid groups (broad SMARTS) is 1. The highest BCUT2D eigenvalue weighted by molar-refractivity contribution is 8.01. The summed E-state index contributed by atoms with van der Waals surface area (Å²) in [6.07, 6.45) is 0.711. The molecular formula is C19H23N9O6S3. The van der Waals surface area contributed by atoms with Crippen LogP contribution in [-0.2, 0) is 32.2 Å². The fraction of sp³-hybridized carbons (Fsp3) is 0.526. The van der Waals surface area contributed by atoms with Gasteiger partial charge in [-0.2, -0.15) is 0 Å². The number of carbonyl (C=O) groups excluding carboxylic acids is 3. The van der Waals surface area contributed by atoms with Gasteiger partial charge in [0.25, 0.3) is 5.91 Å². The van der Waals surface area contributed by atoms with Crippen LogP contribution < -0.4 is 10.6 Å². The van der Waals surface area contributed by atoms with Gasteiger partial charge in [0.05, 0.1) is 6.54 Å². The third-order valence-electron chi connectivity index (χ3n) is 4.86. The average molecular weight is 570 g/mol. The first-order chi connectivity index (χ1) is 17.5. The van der Waals surface area contributed by atoms with Crippen LogP contribution in [0, 0.1) is 0 Å². The topological polar surface area (TPSA) is 194 Å². The van der Waals surface area contributed by atoms with E-state index in [2.05, 4.69) is 36.4 Å². The van der Waals surface area contributed by atoms with Crippen molar-refractivity contribution >= 4 is 58.7 Å². The highest BCUT2D eigenvalue weighted by atomic mass is 32.2. The molecule has 4 rings (SSSR count). The number of aliphatic carboxylic acids is 1. The predicted octanol–water partition coefficient (Wildman–Crippen LogP) is 0.0802. The number of nitrogens with one attached hydrogen (secondary N) is 2. The van der Waals surface area contributed by atoms with E-state index < -0.39 is 40.9 Å². The molecule has 1 fully saturated rings. The van der Waals surface area contributed by atoms with Gasteiger partial charge >= 0.3 is 12.1 Å². The number of hydrogen-bond donors (Lipinski definition) is 3. The molecule has 0 aromatic carbocycles. The molecule has 1 unspecified atom stereocenters. The van der Waals surface area contributed by atoms with Gasteiger partial charge in [0.1, 0.15) is 40.6 Å². The molecule has 0 bridgehead atoms. The summed E-state index contributed by atoms with van der Waals surface area (Å²) in [5, 5.41) is 33.7. The van der Waals surface area contributed by atoms with Crippen molar-refractivity contribution in [3.05, 3.63) is 22.6 Å². The Hall–Kier alpha value is -3.25. The number of nitrogens with zero attached hydrogens (tertiary/aromatic N) is 7. The van der Waals surface area contributed by atoms with Crippen molar-refractivity contribution in [2.45, 2.75) is 55.2 Å². The van der Waals surface area contributed by atoms with E-state index in [0.29, 0.717) is 20.7 Å². The van der Waals surface area contributed by atoms with Crippen molar-refractivity contribution in [3.8, 4) is 0 Å². The summed E-state index contributed by atoms with van der Waals surface area (Å²) in [4.78, 5) is 50.1. The molecule has 198 valence electrons. The zero-order chi connectivity index (χ0) is 26.7. The van der Waals surface area contributed by atoms with E-state index in [1.165, 1.54) is 50.8 Å². The van der Waals surface area contributed by atoms with Crippen LogP contribution in [-0.4, -0.2) is 92.8 Å². The second kappa shape index (κ2) is 11.0. The number of tetrazole rings is 1. The van der Waals surface area contributed by atoms with Crippen molar-refractivity contribution in [1.82, 2.24) is 45.9 Å². The van der Waals surface area contributed by atoms with Crippen LogP contribution in [0.25, 0.3) is 0 Å². The smallest absolute Gasteiger partial charge is 0.408 e. The first-order valence-corrected chi connectivity index (χ1v) is 13.7. The molecule has 2 atom stereocenters. The average Bonchev–Trinajstić information content (AvgIpc) is 3.50. The third-order valence-corrected chi connectivity index (χ3v) is 8.35. The van der Waals surface area contributed by atoms with Gasteiger partial charge in [0.15, 0.2) is 4.34 Å². The zero-order valence-electron chi connectivity index (χ0n) is 19.9. The Labute approximate surface area is 222 Å². The molecule has 0 radical (unpaired) electrons. The molecule has 1 saturated heterocycles. The van der Waals surface area contributed by atoms with Gasteiger partial charge < -0.3 is 20.5 Å². The maximum absolute atomic E-state index is 12.8. The summed E-state index contributed by atoms with van der Waals surface area (Å²) in [6, 6.07) is -0.833. The van der Waals surface area contributed by atoms with E-state index in [0.717, 1.165) is 0 Å². The van der Waals surface area contributed by atoms with Crippen LogP contribution in [0.15, 0.2) is 21.9 Å². The summed E-state index contributed by atoms with van der Waals surface area (Å²) >= 11 is 3.93. The van der Waals surface area contributed by atoms with Gasteiger partial charge in [-0.25, -0.2) is 14.3 Å². The standard InChI is InChI=1S/C19H23N9O6S3/c1-19(2,3)34-17(33)20-4-11-23-24-18(37-11)36-7-9-6-35-15-12(14(30)28(15)13(9)16(31)32)22-10(29)5-27-8-21-25-26-27/h8,12,15H,4-7H2,1-3H3,(H,20,33)(H,22,29)(H,31,32)/t12?,15-/m0/s1. The summed E-state index contributed by atoms with van der Waals surface area (Å²) in [6.45, 7) is 5.29. The number of ether oxygens (including phenoxy) is 1. The van der Waals surface area contributed by atoms with Crippen LogP contribution in [0.5, 0.6) is 0 Å². The van der Waals surface area contributed by atoms with E-state index in [1.807, 2.05) is 0 Å². The minimum absolute atomic E-state index is 0.0800. The number of carboxylic acids is 1. The van der Waals surface area contributed by atoms with E-state index in [-0.39, 0.29) is 24.5 Å². The van der Waals surface area contributed by atoms with E-state index in [9.17, 15) is 24.3 Å². The Morgan fingerprint density at radius 1 is 1.30 bits per heavy atom. The zero-order valence-corrected chi connectivity index (χ0v) is 22.4. The van der Waals surface area contributed by atoms with E-state index in [4.69, 9.17) is 4.74 Å². The highest BCUT2D eigenvalue weighted by Crippen LogP contribution is 2.41. The lowest BCUT2D eigenvalue weighted by Crippen LogP contribution is -2.70. The molecule has 18 heteroatoms. The quantitative estimate of drug-likeness (QED) is 0.272. The molecule has 0 aliphatic carbocycles. The lowest BCUT2D eigenvalue weighted by atomic mass is 10.0. The van der Waals surface area contributed by atoms with Crippen LogP contribution >= 0.6 is 34.9 Å². The number of hydrogen-bond acceptors (Lipinski definition) is 13. The molecule has 2 aromatic heterocycles.